The normalized spacial score (nSPS) is 14.7. The Bertz CT molecular complexity index is 1390. The number of carboxylic acid groups (broad SMARTS) is 1. The van der Waals surface area contributed by atoms with E-state index >= 15 is 0 Å². The Morgan fingerprint density at radius 2 is 1.61 bits per heavy atom. The third-order valence-corrected chi connectivity index (χ3v) is 5.87. The molecule has 4 rings (SSSR count). The maximum absolute atomic E-state index is 13.0. The Morgan fingerprint density at radius 1 is 1.00 bits per heavy atom. The molecule has 182 valence electrons. The molecule has 8 nitrogen and oxygen atoms in total. The molecule has 4 amide bonds. The summed E-state index contributed by atoms with van der Waals surface area (Å²) in [5.74, 6) is -2.48. The zero-order valence-corrected chi connectivity index (χ0v) is 20.3. The predicted molar refractivity (Wildman–Crippen MR) is 134 cm³/mol. The molecule has 0 aromatic heterocycles. The molecule has 0 saturated carbocycles. The summed E-state index contributed by atoms with van der Waals surface area (Å²) >= 11 is 12.7. The number of anilines is 1. The van der Waals surface area contributed by atoms with Crippen molar-refractivity contribution in [1.82, 2.24) is 5.32 Å². The van der Waals surface area contributed by atoms with Gasteiger partial charge in [-0.2, -0.15) is 0 Å². The minimum atomic E-state index is -1.03. The van der Waals surface area contributed by atoms with Gasteiger partial charge in [0.2, 0.25) is 0 Å². The number of urea groups is 1. The first-order chi connectivity index (χ1) is 17.1. The monoisotopic (exact) mass is 524 g/mol. The molecule has 10 heteroatoms. The van der Waals surface area contributed by atoms with E-state index < -0.39 is 23.8 Å². The fraction of sp³-hybridized carbons (Fsp3) is 0.0769. The van der Waals surface area contributed by atoms with E-state index in [1.807, 2.05) is 6.92 Å². The third-order valence-electron chi connectivity index (χ3n) is 5.31. The van der Waals surface area contributed by atoms with Gasteiger partial charge >= 0.3 is 12.0 Å². The molecule has 3 aromatic rings. The fourth-order valence-corrected chi connectivity index (χ4v) is 4.07. The molecule has 0 spiro atoms. The van der Waals surface area contributed by atoms with Gasteiger partial charge in [-0.1, -0.05) is 53.0 Å². The van der Waals surface area contributed by atoms with Crippen LogP contribution in [-0.4, -0.2) is 28.9 Å². The van der Waals surface area contributed by atoms with Crippen LogP contribution in [0.1, 0.15) is 27.0 Å². The number of imide groups is 2. The van der Waals surface area contributed by atoms with Crippen LogP contribution in [0.3, 0.4) is 0 Å². The van der Waals surface area contributed by atoms with Crippen LogP contribution in [0.15, 0.2) is 66.2 Å². The van der Waals surface area contributed by atoms with Gasteiger partial charge in [0.15, 0.2) is 5.75 Å². The number of aryl methyl sites for hydroxylation is 1. The summed E-state index contributed by atoms with van der Waals surface area (Å²) < 4.78 is 5.71. The second-order valence-corrected chi connectivity index (χ2v) is 8.71. The lowest BCUT2D eigenvalue weighted by molar-refractivity contribution is -0.122. The van der Waals surface area contributed by atoms with Crippen LogP contribution in [-0.2, 0) is 16.2 Å². The lowest BCUT2D eigenvalue weighted by Crippen LogP contribution is -2.54. The number of hydrogen-bond donors (Lipinski definition) is 2. The standard InChI is InChI=1S/C26H18Cl2N2O6/c1-14-2-8-18(9-3-14)30-24(32)19(23(31)29-26(30)35)10-16-11-20(27)22(21(28)12-16)36-13-15-4-6-17(7-5-15)25(33)34/h2-12H,13H2,1H3,(H,33,34)(H,29,31,35)/b19-10+. The van der Waals surface area contributed by atoms with E-state index in [1.165, 1.54) is 30.3 Å². The van der Waals surface area contributed by atoms with Crippen molar-refractivity contribution in [3.63, 3.8) is 0 Å². The molecule has 1 heterocycles. The summed E-state index contributed by atoms with van der Waals surface area (Å²) in [4.78, 5) is 49.7. The largest absolute Gasteiger partial charge is 0.486 e. The molecule has 2 N–H and O–H groups in total. The van der Waals surface area contributed by atoms with Crippen molar-refractivity contribution in [2.45, 2.75) is 13.5 Å². The van der Waals surface area contributed by atoms with Gasteiger partial charge in [0.25, 0.3) is 11.8 Å². The van der Waals surface area contributed by atoms with E-state index in [2.05, 4.69) is 5.32 Å². The molecule has 0 bridgehead atoms. The highest BCUT2D eigenvalue weighted by molar-refractivity contribution is 6.40. The lowest BCUT2D eigenvalue weighted by Gasteiger charge is -2.26. The second-order valence-electron chi connectivity index (χ2n) is 7.90. The summed E-state index contributed by atoms with van der Waals surface area (Å²) in [6, 6.07) is 14.9. The number of benzene rings is 3. The Hall–Kier alpha value is -4.14. The van der Waals surface area contributed by atoms with Crippen LogP contribution in [0.25, 0.3) is 6.08 Å². The maximum atomic E-state index is 13.0. The third kappa shape index (κ3) is 5.25. The number of nitrogens with zero attached hydrogens (tertiary/aromatic N) is 1. The number of aromatic carboxylic acids is 1. The van der Waals surface area contributed by atoms with Gasteiger partial charge < -0.3 is 9.84 Å². The van der Waals surface area contributed by atoms with E-state index in [1.54, 1.807) is 36.4 Å². The van der Waals surface area contributed by atoms with E-state index in [-0.39, 0.29) is 33.5 Å². The summed E-state index contributed by atoms with van der Waals surface area (Å²) in [6.07, 6.45) is 1.29. The van der Waals surface area contributed by atoms with Crippen molar-refractivity contribution in [2.24, 2.45) is 0 Å². The van der Waals surface area contributed by atoms with Crippen molar-refractivity contribution in [3.8, 4) is 5.75 Å². The molecule has 0 unspecified atom stereocenters. The molecule has 0 radical (unpaired) electrons. The topological polar surface area (TPSA) is 113 Å². The molecule has 1 fully saturated rings. The van der Waals surface area contributed by atoms with Crippen LogP contribution in [0.2, 0.25) is 10.0 Å². The smallest absolute Gasteiger partial charge is 0.335 e. The lowest BCUT2D eigenvalue weighted by atomic mass is 10.1. The molecule has 1 aliphatic heterocycles. The number of nitrogens with one attached hydrogen (secondary N) is 1. The predicted octanol–water partition coefficient (Wildman–Crippen LogP) is 5.25. The van der Waals surface area contributed by atoms with Gasteiger partial charge in [0, 0.05) is 0 Å². The number of carbonyl (C=O) groups is 4. The Kier molecular flexibility index (Phi) is 7.10. The SMILES string of the molecule is Cc1ccc(N2C(=O)NC(=O)/C(=C\c3cc(Cl)c(OCc4ccc(C(=O)O)cc4)c(Cl)c3)C2=O)cc1. The Morgan fingerprint density at radius 3 is 2.19 bits per heavy atom. The van der Waals surface area contributed by atoms with Gasteiger partial charge in [0.1, 0.15) is 12.2 Å². The first-order valence-electron chi connectivity index (χ1n) is 10.6. The molecular formula is C26H18Cl2N2O6. The number of carboxylic acids is 1. The molecule has 36 heavy (non-hydrogen) atoms. The first kappa shape index (κ1) is 25.0. The van der Waals surface area contributed by atoms with Crippen LogP contribution in [0.4, 0.5) is 10.5 Å². The minimum Gasteiger partial charge on any atom is -0.486 e. The number of ether oxygens (including phenoxy) is 1. The van der Waals surface area contributed by atoms with E-state index in [4.69, 9.17) is 33.0 Å². The molecule has 1 aliphatic rings. The minimum absolute atomic E-state index is 0.0777. The van der Waals surface area contributed by atoms with Crippen molar-refractivity contribution in [3.05, 3.63) is 98.5 Å². The van der Waals surface area contributed by atoms with E-state index in [0.717, 1.165) is 10.5 Å². The Balaban J connectivity index is 1.57. The zero-order valence-electron chi connectivity index (χ0n) is 18.7. The van der Waals surface area contributed by atoms with Gasteiger partial charge in [0.05, 0.1) is 21.3 Å². The van der Waals surface area contributed by atoms with Gasteiger partial charge in [-0.15, -0.1) is 0 Å². The summed E-state index contributed by atoms with van der Waals surface area (Å²) in [7, 11) is 0. The second kappa shape index (κ2) is 10.2. The summed E-state index contributed by atoms with van der Waals surface area (Å²) in [6.45, 7) is 1.95. The van der Waals surface area contributed by atoms with Crippen LogP contribution in [0.5, 0.6) is 5.75 Å². The van der Waals surface area contributed by atoms with Crippen molar-refractivity contribution in [1.29, 1.82) is 0 Å². The number of carbonyl (C=O) groups excluding carboxylic acids is 3. The summed E-state index contributed by atoms with van der Waals surface area (Å²) in [5, 5.41) is 11.4. The molecular weight excluding hydrogens is 507 g/mol. The van der Waals surface area contributed by atoms with Gasteiger partial charge in [-0.05, 0) is 60.5 Å². The van der Waals surface area contributed by atoms with E-state index in [0.29, 0.717) is 16.8 Å². The zero-order chi connectivity index (χ0) is 26.0. The van der Waals surface area contributed by atoms with Crippen molar-refractivity contribution in [2.75, 3.05) is 4.90 Å². The number of halogens is 2. The average molecular weight is 525 g/mol. The highest BCUT2D eigenvalue weighted by atomic mass is 35.5. The molecule has 0 atom stereocenters. The highest BCUT2D eigenvalue weighted by Crippen LogP contribution is 2.36. The highest BCUT2D eigenvalue weighted by Gasteiger charge is 2.36. The fourth-order valence-electron chi connectivity index (χ4n) is 3.45. The molecule has 3 aromatic carbocycles. The quantitative estimate of drug-likeness (QED) is 0.336. The van der Waals surface area contributed by atoms with Crippen LogP contribution < -0.4 is 15.0 Å². The summed E-state index contributed by atoms with van der Waals surface area (Å²) in [5.41, 5.74) is 2.19. The van der Waals surface area contributed by atoms with E-state index in [9.17, 15) is 19.2 Å². The van der Waals surface area contributed by atoms with Crippen LogP contribution in [0, 0.1) is 6.92 Å². The van der Waals surface area contributed by atoms with Crippen molar-refractivity contribution >= 4 is 58.8 Å². The number of barbiturate groups is 1. The Labute approximate surface area is 215 Å². The van der Waals surface area contributed by atoms with Crippen molar-refractivity contribution < 1.29 is 29.0 Å². The number of amides is 4. The maximum Gasteiger partial charge on any atom is 0.335 e. The molecule has 0 aliphatic carbocycles. The number of rotatable bonds is 6. The van der Waals surface area contributed by atoms with Gasteiger partial charge in [-0.25, -0.2) is 14.5 Å². The average Bonchev–Trinajstić information content (AvgIpc) is 2.82. The first-order valence-corrected chi connectivity index (χ1v) is 11.3. The van der Waals surface area contributed by atoms with Crippen LogP contribution >= 0.6 is 23.2 Å². The van der Waals surface area contributed by atoms with Gasteiger partial charge in [-0.3, -0.25) is 14.9 Å². The number of hydrogen-bond acceptors (Lipinski definition) is 5. The molecule has 1 saturated heterocycles.